The van der Waals surface area contributed by atoms with Gasteiger partial charge in [-0.25, -0.2) is 4.98 Å². The number of halogens is 1. The zero-order chi connectivity index (χ0) is 18.5. The highest BCUT2D eigenvalue weighted by atomic mass is 35.5. The summed E-state index contributed by atoms with van der Waals surface area (Å²) in [6.07, 6.45) is 2.44. The molecule has 0 bridgehead atoms. The van der Waals surface area contributed by atoms with Crippen molar-refractivity contribution >= 4 is 40.4 Å². The second kappa shape index (κ2) is 6.35. The lowest BCUT2D eigenvalue weighted by Gasteiger charge is -2.19. The smallest absolute Gasteiger partial charge is 0.240 e. The SMILES string of the molecule is CC1(C)C(=O)N(CC(=O)NCc2csc(C3CC3)n2)c2ccc(Cl)cc21. The first-order valence-electron chi connectivity index (χ1n) is 8.69. The summed E-state index contributed by atoms with van der Waals surface area (Å²) in [4.78, 5) is 31.3. The fraction of sp³-hybridized carbons (Fsp3) is 0.421. The lowest BCUT2D eigenvalue weighted by molar-refractivity contribution is -0.125. The molecular formula is C19H20ClN3O2S. The first-order valence-corrected chi connectivity index (χ1v) is 9.95. The molecule has 5 nitrogen and oxygen atoms in total. The molecular weight excluding hydrogens is 370 g/mol. The van der Waals surface area contributed by atoms with Crippen LogP contribution in [0.4, 0.5) is 5.69 Å². The lowest BCUT2D eigenvalue weighted by Crippen LogP contribution is -2.42. The van der Waals surface area contributed by atoms with E-state index in [-0.39, 0.29) is 18.4 Å². The van der Waals surface area contributed by atoms with Crippen molar-refractivity contribution in [3.63, 3.8) is 0 Å². The maximum atomic E-state index is 12.8. The van der Waals surface area contributed by atoms with E-state index in [9.17, 15) is 9.59 Å². The van der Waals surface area contributed by atoms with Crippen LogP contribution >= 0.6 is 22.9 Å². The Labute approximate surface area is 161 Å². The Hall–Kier alpha value is -1.92. The van der Waals surface area contributed by atoms with Gasteiger partial charge in [0.05, 0.1) is 22.7 Å². The molecule has 1 saturated carbocycles. The summed E-state index contributed by atoms with van der Waals surface area (Å²) in [5, 5.41) is 6.62. The molecule has 2 aromatic rings. The Morgan fingerprint density at radius 3 is 2.92 bits per heavy atom. The number of carbonyl (C=O) groups excluding carboxylic acids is 2. The molecule has 0 atom stereocenters. The fourth-order valence-electron chi connectivity index (χ4n) is 3.27. The van der Waals surface area contributed by atoms with E-state index < -0.39 is 5.41 Å². The van der Waals surface area contributed by atoms with Crippen LogP contribution in [0.2, 0.25) is 5.02 Å². The molecule has 2 aliphatic rings. The van der Waals surface area contributed by atoms with Crippen LogP contribution in [-0.4, -0.2) is 23.3 Å². The van der Waals surface area contributed by atoms with Gasteiger partial charge in [0.1, 0.15) is 6.54 Å². The zero-order valence-electron chi connectivity index (χ0n) is 14.7. The highest BCUT2D eigenvalue weighted by Gasteiger charge is 2.44. The predicted octanol–water partition coefficient (Wildman–Crippen LogP) is 3.61. The summed E-state index contributed by atoms with van der Waals surface area (Å²) >= 11 is 7.74. The Balaban J connectivity index is 1.43. The van der Waals surface area contributed by atoms with Gasteiger partial charge in [0.15, 0.2) is 0 Å². The van der Waals surface area contributed by atoms with Gasteiger partial charge in [-0.2, -0.15) is 0 Å². The first-order chi connectivity index (χ1) is 12.4. The maximum Gasteiger partial charge on any atom is 0.240 e. The highest BCUT2D eigenvalue weighted by Crippen LogP contribution is 2.43. The van der Waals surface area contributed by atoms with Crippen molar-refractivity contribution in [1.82, 2.24) is 10.3 Å². The van der Waals surface area contributed by atoms with E-state index >= 15 is 0 Å². The van der Waals surface area contributed by atoms with Gasteiger partial charge in [-0.15, -0.1) is 11.3 Å². The molecule has 4 rings (SSSR count). The molecule has 1 aromatic carbocycles. The molecule has 0 saturated heterocycles. The molecule has 0 spiro atoms. The number of carbonyl (C=O) groups is 2. The molecule has 1 aromatic heterocycles. The molecule has 136 valence electrons. The van der Waals surface area contributed by atoms with Crippen molar-refractivity contribution < 1.29 is 9.59 Å². The molecule has 1 N–H and O–H groups in total. The Bertz CT molecular complexity index is 889. The lowest BCUT2D eigenvalue weighted by atomic mass is 9.86. The summed E-state index contributed by atoms with van der Waals surface area (Å²) < 4.78 is 0. The van der Waals surface area contributed by atoms with Crippen molar-refractivity contribution in [1.29, 1.82) is 0 Å². The molecule has 0 unspecified atom stereocenters. The van der Waals surface area contributed by atoms with E-state index in [1.54, 1.807) is 29.5 Å². The van der Waals surface area contributed by atoms with Gasteiger partial charge < -0.3 is 10.2 Å². The summed E-state index contributed by atoms with van der Waals surface area (Å²) in [5.41, 5.74) is 1.81. The number of hydrogen-bond donors (Lipinski definition) is 1. The van der Waals surface area contributed by atoms with Crippen LogP contribution in [0.15, 0.2) is 23.6 Å². The molecule has 26 heavy (non-hydrogen) atoms. The van der Waals surface area contributed by atoms with Crippen LogP contribution in [0.3, 0.4) is 0 Å². The third kappa shape index (κ3) is 3.12. The number of anilines is 1. The van der Waals surface area contributed by atoms with Crippen LogP contribution in [-0.2, 0) is 21.5 Å². The average Bonchev–Trinajstić information content (AvgIpc) is 3.32. The van der Waals surface area contributed by atoms with Gasteiger partial charge in [-0.3, -0.25) is 9.59 Å². The van der Waals surface area contributed by atoms with Crippen molar-refractivity contribution in [2.24, 2.45) is 0 Å². The number of nitrogens with zero attached hydrogens (tertiary/aromatic N) is 2. The van der Waals surface area contributed by atoms with Crippen LogP contribution in [0, 0.1) is 0 Å². The first kappa shape index (κ1) is 17.5. The third-order valence-electron chi connectivity index (χ3n) is 4.97. The van der Waals surface area contributed by atoms with Gasteiger partial charge >= 0.3 is 0 Å². The van der Waals surface area contributed by atoms with Gasteiger partial charge in [-0.05, 0) is 50.5 Å². The number of thiazole rings is 1. The number of fused-ring (bicyclic) bond motifs is 1. The Morgan fingerprint density at radius 2 is 2.19 bits per heavy atom. The second-order valence-electron chi connectivity index (χ2n) is 7.41. The standard InChI is InChI=1S/C19H20ClN3O2S/c1-19(2)14-7-12(20)5-6-15(14)23(18(19)25)9-16(24)21-8-13-10-26-17(22-13)11-3-4-11/h5-7,10-11H,3-4,8-9H2,1-2H3,(H,21,24). The summed E-state index contributed by atoms with van der Waals surface area (Å²) in [6, 6.07) is 5.36. The molecule has 7 heteroatoms. The molecule has 2 heterocycles. The monoisotopic (exact) mass is 389 g/mol. The van der Waals surface area contributed by atoms with Crippen LogP contribution in [0.1, 0.15) is 48.9 Å². The normalized spacial score (nSPS) is 18.1. The number of aromatic nitrogens is 1. The van der Waals surface area contributed by atoms with Gasteiger partial charge in [0.2, 0.25) is 11.8 Å². The summed E-state index contributed by atoms with van der Waals surface area (Å²) in [7, 11) is 0. The minimum atomic E-state index is -0.686. The Kier molecular flexibility index (Phi) is 4.28. The number of amides is 2. The van der Waals surface area contributed by atoms with Crippen molar-refractivity contribution in [2.45, 2.75) is 44.6 Å². The fourth-order valence-corrected chi connectivity index (χ4v) is 4.44. The quantitative estimate of drug-likeness (QED) is 0.849. The molecule has 1 aliphatic heterocycles. The van der Waals surface area contributed by atoms with E-state index in [1.165, 1.54) is 17.7 Å². The van der Waals surface area contributed by atoms with E-state index in [0.717, 1.165) is 22.0 Å². The third-order valence-corrected chi connectivity index (χ3v) is 6.26. The van der Waals surface area contributed by atoms with Gasteiger partial charge in [-0.1, -0.05) is 11.6 Å². The predicted molar refractivity (Wildman–Crippen MR) is 103 cm³/mol. The van der Waals surface area contributed by atoms with Gasteiger partial charge in [0, 0.05) is 22.0 Å². The van der Waals surface area contributed by atoms with Crippen LogP contribution in [0.5, 0.6) is 0 Å². The Morgan fingerprint density at radius 1 is 1.42 bits per heavy atom. The molecule has 1 aliphatic carbocycles. The highest BCUT2D eigenvalue weighted by molar-refractivity contribution is 7.09. The molecule has 0 radical (unpaired) electrons. The number of hydrogen-bond acceptors (Lipinski definition) is 4. The number of benzene rings is 1. The van der Waals surface area contributed by atoms with E-state index in [4.69, 9.17) is 11.6 Å². The minimum Gasteiger partial charge on any atom is -0.349 e. The minimum absolute atomic E-state index is 0.00346. The molecule has 2 amide bonds. The van der Waals surface area contributed by atoms with Crippen LogP contribution in [0.25, 0.3) is 0 Å². The van der Waals surface area contributed by atoms with Crippen molar-refractivity contribution in [2.75, 3.05) is 11.4 Å². The largest absolute Gasteiger partial charge is 0.349 e. The summed E-state index contributed by atoms with van der Waals surface area (Å²) in [6.45, 7) is 4.10. The van der Waals surface area contributed by atoms with Crippen molar-refractivity contribution in [3.05, 3.63) is 44.9 Å². The van der Waals surface area contributed by atoms with Crippen LogP contribution < -0.4 is 10.2 Å². The molecule has 1 fully saturated rings. The topological polar surface area (TPSA) is 62.3 Å². The number of nitrogens with one attached hydrogen (secondary N) is 1. The zero-order valence-corrected chi connectivity index (χ0v) is 16.3. The summed E-state index contributed by atoms with van der Waals surface area (Å²) in [5.74, 6) is 0.338. The van der Waals surface area contributed by atoms with E-state index in [0.29, 0.717) is 17.5 Å². The van der Waals surface area contributed by atoms with E-state index in [2.05, 4.69) is 10.3 Å². The van der Waals surface area contributed by atoms with Gasteiger partial charge in [0.25, 0.3) is 0 Å². The van der Waals surface area contributed by atoms with Crippen molar-refractivity contribution in [3.8, 4) is 0 Å². The number of rotatable bonds is 5. The van der Waals surface area contributed by atoms with E-state index in [1.807, 2.05) is 19.2 Å². The average molecular weight is 390 g/mol. The maximum absolute atomic E-state index is 12.8. The second-order valence-corrected chi connectivity index (χ2v) is 8.73.